The van der Waals surface area contributed by atoms with Crippen molar-refractivity contribution < 1.29 is 50.6 Å². The molecule has 0 spiro atoms. The zero-order valence-electron chi connectivity index (χ0n) is 2.96. The fraction of sp³-hybridized carbons (Fsp3) is 0. The number of hydrogen-bond acceptors (Lipinski definition) is 0. The molecule has 0 radical (unpaired) electrons. The van der Waals surface area contributed by atoms with Crippen LogP contribution in [0.5, 0.6) is 0 Å². The monoisotopic (exact) mass is 338 g/mol. The van der Waals surface area contributed by atoms with E-state index in [2.05, 4.69) is 15.6 Å². The van der Waals surface area contributed by atoms with Crippen molar-refractivity contribution in [1.29, 1.82) is 0 Å². The van der Waals surface area contributed by atoms with Gasteiger partial charge in [0.2, 0.25) is 0 Å². The van der Waals surface area contributed by atoms with Crippen LogP contribution >= 0.6 is 15.6 Å². The van der Waals surface area contributed by atoms with Crippen molar-refractivity contribution in [2.24, 2.45) is 0 Å². The molecule has 0 rings (SSSR count). The summed E-state index contributed by atoms with van der Waals surface area (Å²) >= 11 is 3.45. The van der Waals surface area contributed by atoms with Crippen molar-refractivity contribution in [2.75, 3.05) is 0 Å². The fourth-order valence-corrected chi connectivity index (χ4v) is 0. The Bertz CT molecular complexity index is 7.51. The molecule has 6 heteroatoms. The molecule has 0 aromatic rings. The van der Waals surface area contributed by atoms with Crippen LogP contribution in [0.25, 0.3) is 0 Å². The van der Waals surface area contributed by atoms with E-state index in [1.807, 2.05) is 0 Å². The molecule has 8 N–H and O–H groups in total. The van der Waals surface area contributed by atoms with Gasteiger partial charge in [-0.1, -0.05) is 0 Å². The van der Waals surface area contributed by atoms with Crippen LogP contribution in [-0.2, 0) is 0 Å². The molecule has 0 atom stereocenters. The Kier molecular flexibility index (Phi) is 559. The normalized spacial score (nSPS) is 0.667. The number of halogens is 1. The van der Waals surface area contributed by atoms with Crippen LogP contribution in [0, 0.1) is 28.7 Å². The van der Waals surface area contributed by atoms with Gasteiger partial charge in [-0.3, -0.25) is 0 Å². The summed E-state index contributed by atoms with van der Waals surface area (Å²) < 4.78 is 0. The van der Waals surface area contributed by atoms with E-state index in [1.165, 1.54) is 0 Å². The van der Waals surface area contributed by atoms with Gasteiger partial charge in [0.15, 0.2) is 0 Å². The first-order chi connectivity index (χ1) is 1.00. The molecule has 0 amide bonds. The van der Waals surface area contributed by atoms with Crippen LogP contribution < -0.4 is 0 Å². The summed E-state index contributed by atoms with van der Waals surface area (Å²) in [6.45, 7) is 0. The zero-order valence-corrected chi connectivity index (χ0v) is 8.74. The summed E-state index contributed by atoms with van der Waals surface area (Å²) in [6.07, 6.45) is 0. The van der Waals surface area contributed by atoms with Gasteiger partial charge in [0, 0.05) is 0 Å². The Labute approximate surface area is 65.2 Å². The SMILES string of the molecule is O.O.O.O.[I][La]. The molecule has 6 heavy (non-hydrogen) atoms. The standard InChI is InChI=1S/HI.La.4H2O/h1H;;4*1H2/q;+1;;;;/p-1. The molecule has 4 nitrogen and oxygen atoms in total. The fourth-order valence-electron chi connectivity index (χ4n) is 0. The molecule has 0 aliphatic heterocycles. The average molecular weight is 338 g/mol. The molecule has 0 aliphatic rings. The van der Waals surface area contributed by atoms with E-state index in [9.17, 15) is 0 Å². The summed E-state index contributed by atoms with van der Waals surface area (Å²) in [6, 6.07) is 0. The summed E-state index contributed by atoms with van der Waals surface area (Å²) in [5.74, 6) is 0. The van der Waals surface area contributed by atoms with Crippen LogP contribution in [0.15, 0.2) is 0 Å². The maximum atomic E-state index is 2.32. The van der Waals surface area contributed by atoms with Crippen molar-refractivity contribution in [3.63, 3.8) is 0 Å². The quantitative estimate of drug-likeness (QED) is 0.436. The van der Waals surface area contributed by atoms with E-state index in [4.69, 9.17) is 0 Å². The summed E-state index contributed by atoms with van der Waals surface area (Å²) in [5.41, 5.74) is 0. The molecule has 0 aliphatic carbocycles. The van der Waals surface area contributed by atoms with Crippen LogP contribution in [-0.4, -0.2) is 21.9 Å². The third kappa shape index (κ3) is 42.0. The van der Waals surface area contributed by atoms with E-state index >= 15 is 0 Å². The molecule has 0 fully saturated rings. The predicted molar refractivity (Wildman–Crippen MR) is 28.5 cm³/mol. The third-order valence-corrected chi connectivity index (χ3v) is 0. The second kappa shape index (κ2) is 72.2. The van der Waals surface area contributed by atoms with Gasteiger partial charge in [0.25, 0.3) is 0 Å². The van der Waals surface area contributed by atoms with Crippen LogP contribution in [0.3, 0.4) is 0 Å². The second-order valence-corrected chi connectivity index (χ2v) is 0. The van der Waals surface area contributed by atoms with E-state index in [-0.39, 0.29) is 21.9 Å². The van der Waals surface area contributed by atoms with Crippen molar-refractivity contribution in [2.45, 2.75) is 0 Å². The van der Waals surface area contributed by atoms with Crippen LogP contribution in [0.1, 0.15) is 0 Å². The zero-order chi connectivity index (χ0) is 2.00. The average Bonchev–Trinajstić information content (AvgIpc) is 1.00. The van der Waals surface area contributed by atoms with Gasteiger partial charge < -0.3 is 21.9 Å². The van der Waals surface area contributed by atoms with Crippen molar-refractivity contribution in [3.05, 3.63) is 0 Å². The number of rotatable bonds is 0. The Morgan fingerprint density at radius 2 is 0.667 bits per heavy atom. The Hall–Kier alpha value is 1.76. The van der Waals surface area contributed by atoms with Crippen molar-refractivity contribution in [3.8, 4) is 0 Å². The van der Waals surface area contributed by atoms with Gasteiger partial charge in [-0.2, -0.15) is 0 Å². The minimum absolute atomic E-state index is 0. The summed E-state index contributed by atoms with van der Waals surface area (Å²) in [7, 11) is 0. The van der Waals surface area contributed by atoms with E-state index in [1.54, 1.807) is 0 Å². The van der Waals surface area contributed by atoms with Gasteiger partial charge in [-0.25, -0.2) is 0 Å². The van der Waals surface area contributed by atoms with E-state index < -0.39 is 0 Å². The van der Waals surface area contributed by atoms with Gasteiger partial charge in [0.1, 0.15) is 0 Å². The van der Waals surface area contributed by atoms with Gasteiger partial charge in [-0.15, -0.1) is 0 Å². The molecule has 0 aromatic carbocycles. The predicted octanol–water partition coefficient (Wildman–Crippen LogP) is -2.41. The van der Waals surface area contributed by atoms with Gasteiger partial charge in [0.05, 0.1) is 0 Å². The Balaban J connectivity index is -0.000000000833. The first kappa shape index (κ1) is 46.5. The summed E-state index contributed by atoms with van der Waals surface area (Å²) in [4.78, 5) is 0. The third-order valence-electron chi connectivity index (χ3n) is 0. The molecule has 0 bridgehead atoms. The molecule has 0 unspecified atom stereocenters. The van der Waals surface area contributed by atoms with E-state index in [0.717, 1.165) is 28.7 Å². The molecule has 42 valence electrons. The first-order valence-electron chi connectivity index (χ1n) is 0.218. The topological polar surface area (TPSA) is 126 Å². The van der Waals surface area contributed by atoms with E-state index in [0.29, 0.717) is 0 Å². The molecule has 0 saturated carbocycles. The molecule has 0 saturated heterocycles. The maximum absolute atomic E-state index is 2.32. The van der Waals surface area contributed by atoms with Crippen LogP contribution in [0.4, 0.5) is 0 Å². The van der Waals surface area contributed by atoms with Gasteiger partial charge in [-0.05, 0) is 0 Å². The van der Waals surface area contributed by atoms with Gasteiger partial charge >= 0.3 is 44.3 Å². The molecule has 0 aromatic heterocycles. The first-order valence-corrected chi connectivity index (χ1v) is 10.7. The molecular formula is H8ILaO4. The Morgan fingerprint density at radius 3 is 0.667 bits per heavy atom. The van der Waals surface area contributed by atoms with Crippen LogP contribution in [0.2, 0.25) is 0 Å². The Morgan fingerprint density at radius 1 is 0.667 bits per heavy atom. The second-order valence-electron chi connectivity index (χ2n) is 0. The van der Waals surface area contributed by atoms with Crippen molar-refractivity contribution >= 4 is 15.6 Å². The molecule has 0 heterocycles. The molecular weight excluding hydrogens is 330 g/mol. The summed E-state index contributed by atoms with van der Waals surface area (Å²) in [5, 5.41) is 0. The van der Waals surface area contributed by atoms with Crippen molar-refractivity contribution in [1.82, 2.24) is 0 Å². The number of hydrogen-bond donors (Lipinski definition) is 0. The minimum atomic E-state index is 0.